The first-order chi connectivity index (χ1) is 9.40. The van der Waals surface area contributed by atoms with Gasteiger partial charge in [-0.1, -0.05) is 41.0 Å². The summed E-state index contributed by atoms with van der Waals surface area (Å²) in [7, 11) is 2.27. The summed E-state index contributed by atoms with van der Waals surface area (Å²) in [5, 5.41) is 3.66. The molecule has 0 radical (unpaired) electrons. The lowest BCUT2D eigenvalue weighted by molar-refractivity contribution is 0.0573. The third-order valence-corrected chi connectivity index (χ3v) is 4.73. The average molecular weight is 284 g/mol. The van der Waals surface area contributed by atoms with Gasteiger partial charge in [0, 0.05) is 44.8 Å². The van der Waals surface area contributed by atoms with Crippen molar-refractivity contribution in [3.63, 3.8) is 0 Å². The van der Waals surface area contributed by atoms with E-state index in [-0.39, 0.29) is 0 Å². The summed E-state index contributed by atoms with van der Waals surface area (Å²) in [4.78, 5) is 5.23. The van der Waals surface area contributed by atoms with Crippen molar-refractivity contribution >= 4 is 0 Å². The molecule has 0 aromatic carbocycles. The van der Waals surface area contributed by atoms with E-state index in [0.717, 1.165) is 12.6 Å². The van der Waals surface area contributed by atoms with Crippen molar-refractivity contribution < 1.29 is 0 Å². The maximum atomic E-state index is 3.66. The second-order valence-electron chi connectivity index (χ2n) is 7.37. The van der Waals surface area contributed by atoms with Gasteiger partial charge in [0.15, 0.2) is 0 Å². The molecule has 0 amide bonds. The number of nitrogens with one attached hydrogen (secondary N) is 1. The maximum absolute atomic E-state index is 3.66. The predicted octanol–water partition coefficient (Wildman–Crippen LogP) is 2.82. The van der Waals surface area contributed by atoms with Gasteiger partial charge in [-0.3, -0.25) is 4.90 Å². The van der Waals surface area contributed by atoms with Crippen LogP contribution in [-0.2, 0) is 0 Å². The Morgan fingerprint density at radius 1 is 1.25 bits per heavy atom. The number of piperazine rings is 1. The molecule has 1 rings (SSSR count). The highest BCUT2D eigenvalue weighted by Gasteiger charge is 2.30. The smallest absolute Gasteiger partial charge is 0.0218 e. The Morgan fingerprint density at radius 2 is 1.95 bits per heavy atom. The van der Waals surface area contributed by atoms with Crippen LogP contribution in [0.25, 0.3) is 0 Å². The number of likely N-dealkylation sites (N-methyl/N-ethyl adjacent to an activating group) is 1. The third-order valence-electron chi connectivity index (χ3n) is 4.73. The van der Waals surface area contributed by atoms with Crippen molar-refractivity contribution in [2.45, 2.75) is 66.0 Å². The van der Waals surface area contributed by atoms with Gasteiger partial charge in [-0.2, -0.15) is 0 Å². The minimum absolute atomic E-state index is 0.410. The van der Waals surface area contributed by atoms with Crippen LogP contribution in [0, 0.1) is 5.41 Å². The lowest BCUT2D eigenvalue weighted by Gasteiger charge is -2.43. The van der Waals surface area contributed by atoms with E-state index >= 15 is 0 Å². The summed E-state index contributed by atoms with van der Waals surface area (Å²) in [5.41, 5.74) is 0.410. The van der Waals surface area contributed by atoms with E-state index in [2.05, 4.69) is 56.8 Å². The Hall–Kier alpha value is -0.120. The minimum atomic E-state index is 0.410. The van der Waals surface area contributed by atoms with E-state index in [1.807, 2.05) is 0 Å². The summed E-state index contributed by atoms with van der Waals surface area (Å²) < 4.78 is 0. The molecule has 0 spiro atoms. The van der Waals surface area contributed by atoms with E-state index in [9.17, 15) is 0 Å². The van der Waals surface area contributed by atoms with Gasteiger partial charge in [-0.05, 0) is 25.3 Å². The number of hydrogen-bond donors (Lipinski definition) is 1. The highest BCUT2D eigenvalue weighted by Crippen LogP contribution is 2.25. The van der Waals surface area contributed by atoms with Gasteiger partial charge in [0.2, 0.25) is 0 Å². The number of rotatable bonds is 8. The fourth-order valence-corrected chi connectivity index (χ4v) is 3.41. The summed E-state index contributed by atoms with van der Waals surface area (Å²) in [6.07, 6.45) is 3.86. The molecule has 1 heterocycles. The van der Waals surface area contributed by atoms with Crippen molar-refractivity contribution in [1.29, 1.82) is 0 Å². The van der Waals surface area contributed by atoms with Gasteiger partial charge >= 0.3 is 0 Å². The minimum Gasteiger partial charge on any atom is -0.314 e. The fourth-order valence-electron chi connectivity index (χ4n) is 3.41. The van der Waals surface area contributed by atoms with Crippen molar-refractivity contribution in [2.24, 2.45) is 5.41 Å². The van der Waals surface area contributed by atoms with Gasteiger partial charge in [-0.25, -0.2) is 0 Å². The standard InChI is InChI=1S/C17H37N3/c1-7-9-17(5,13-18-15(3)4)14-20-11-10-19(6)16(8-2)12-20/h15-16,18H,7-14H2,1-6H3. The topological polar surface area (TPSA) is 18.5 Å². The predicted molar refractivity (Wildman–Crippen MR) is 89.3 cm³/mol. The Bertz CT molecular complexity index is 267. The van der Waals surface area contributed by atoms with Gasteiger partial charge in [0.05, 0.1) is 0 Å². The van der Waals surface area contributed by atoms with E-state index in [4.69, 9.17) is 0 Å². The monoisotopic (exact) mass is 283 g/mol. The molecule has 0 aromatic rings. The lowest BCUT2D eigenvalue weighted by atomic mass is 9.84. The Morgan fingerprint density at radius 3 is 2.50 bits per heavy atom. The van der Waals surface area contributed by atoms with Crippen LogP contribution in [0.1, 0.15) is 53.9 Å². The van der Waals surface area contributed by atoms with E-state index < -0.39 is 0 Å². The molecule has 1 fully saturated rings. The van der Waals surface area contributed by atoms with E-state index in [0.29, 0.717) is 11.5 Å². The normalized spacial score (nSPS) is 25.1. The zero-order chi connectivity index (χ0) is 15.2. The van der Waals surface area contributed by atoms with Crippen molar-refractivity contribution in [3.8, 4) is 0 Å². The molecular weight excluding hydrogens is 246 g/mol. The molecule has 0 aliphatic carbocycles. The Balaban J connectivity index is 2.56. The summed E-state index contributed by atoms with van der Waals surface area (Å²) in [5.74, 6) is 0. The second kappa shape index (κ2) is 8.35. The Kier molecular flexibility index (Phi) is 7.49. The molecule has 0 saturated carbocycles. The molecule has 1 saturated heterocycles. The van der Waals surface area contributed by atoms with Crippen LogP contribution in [0.4, 0.5) is 0 Å². The zero-order valence-corrected chi connectivity index (χ0v) is 14.7. The van der Waals surface area contributed by atoms with Crippen molar-refractivity contribution in [1.82, 2.24) is 15.1 Å². The molecule has 2 unspecified atom stereocenters. The molecule has 20 heavy (non-hydrogen) atoms. The van der Waals surface area contributed by atoms with Gasteiger partial charge in [0.25, 0.3) is 0 Å². The maximum Gasteiger partial charge on any atom is 0.0218 e. The van der Waals surface area contributed by atoms with Crippen molar-refractivity contribution in [2.75, 3.05) is 39.8 Å². The highest BCUT2D eigenvalue weighted by atomic mass is 15.3. The van der Waals surface area contributed by atoms with Gasteiger partial charge < -0.3 is 10.2 Å². The zero-order valence-electron chi connectivity index (χ0n) is 14.7. The highest BCUT2D eigenvalue weighted by molar-refractivity contribution is 4.86. The molecule has 1 N–H and O–H groups in total. The molecule has 1 aliphatic rings. The van der Waals surface area contributed by atoms with E-state index in [1.165, 1.54) is 45.4 Å². The molecule has 120 valence electrons. The van der Waals surface area contributed by atoms with Crippen LogP contribution in [0.5, 0.6) is 0 Å². The van der Waals surface area contributed by atoms with Crippen LogP contribution in [0.2, 0.25) is 0 Å². The summed E-state index contributed by atoms with van der Waals surface area (Å²) in [6, 6.07) is 1.33. The van der Waals surface area contributed by atoms with Crippen LogP contribution in [0.15, 0.2) is 0 Å². The van der Waals surface area contributed by atoms with Gasteiger partial charge in [-0.15, -0.1) is 0 Å². The van der Waals surface area contributed by atoms with Crippen LogP contribution >= 0.6 is 0 Å². The van der Waals surface area contributed by atoms with E-state index in [1.54, 1.807) is 0 Å². The van der Waals surface area contributed by atoms with Gasteiger partial charge in [0.1, 0.15) is 0 Å². The first-order valence-electron chi connectivity index (χ1n) is 8.56. The average Bonchev–Trinajstić information content (AvgIpc) is 2.39. The number of hydrogen-bond acceptors (Lipinski definition) is 3. The molecule has 3 nitrogen and oxygen atoms in total. The summed E-state index contributed by atoms with van der Waals surface area (Å²) >= 11 is 0. The van der Waals surface area contributed by atoms with Crippen LogP contribution in [-0.4, -0.2) is 61.7 Å². The molecule has 0 aromatic heterocycles. The molecular formula is C17H37N3. The first-order valence-corrected chi connectivity index (χ1v) is 8.56. The molecule has 0 bridgehead atoms. The first kappa shape index (κ1) is 17.9. The lowest BCUT2D eigenvalue weighted by Crippen LogP contribution is -2.54. The van der Waals surface area contributed by atoms with Crippen LogP contribution < -0.4 is 5.32 Å². The van der Waals surface area contributed by atoms with Crippen molar-refractivity contribution in [3.05, 3.63) is 0 Å². The fraction of sp³-hybridized carbons (Fsp3) is 1.00. The summed E-state index contributed by atoms with van der Waals surface area (Å²) in [6.45, 7) is 17.7. The molecule has 2 atom stereocenters. The molecule has 3 heteroatoms. The SMILES string of the molecule is CCCC(C)(CNC(C)C)CN1CCN(C)C(CC)C1. The second-order valence-corrected chi connectivity index (χ2v) is 7.37. The third kappa shape index (κ3) is 5.71. The Labute approximate surface area is 127 Å². The largest absolute Gasteiger partial charge is 0.314 e. The molecule has 1 aliphatic heterocycles. The number of nitrogens with zero attached hydrogens (tertiary/aromatic N) is 2. The van der Waals surface area contributed by atoms with Crippen LogP contribution in [0.3, 0.4) is 0 Å². The quantitative estimate of drug-likeness (QED) is 0.739.